The van der Waals surface area contributed by atoms with E-state index in [-0.39, 0.29) is 0 Å². The predicted molar refractivity (Wildman–Crippen MR) is 59.7 cm³/mol. The first-order valence-corrected chi connectivity index (χ1v) is 5.30. The van der Waals surface area contributed by atoms with Crippen LogP contribution in [-0.4, -0.2) is 14.7 Å². The van der Waals surface area contributed by atoms with Crippen molar-refractivity contribution in [3.8, 4) is 0 Å². The van der Waals surface area contributed by atoms with E-state index in [0.717, 1.165) is 11.4 Å². The minimum Gasteiger partial charge on any atom is -0.377 e. The quantitative estimate of drug-likeness (QED) is 0.338. The lowest BCUT2D eigenvalue weighted by molar-refractivity contribution is 0.584. The van der Waals surface area contributed by atoms with Gasteiger partial charge in [0, 0.05) is 23.7 Å². The third kappa shape index (κ3) is 2.66. The molecule has 0 saturated heterocycles. The largest absolute Gasteiger partial charge is 0.377 e. The molecule has 0 unspecified atom stereocenters. The second-order valence-electron chi connectivity index (χ2n) is 3.14. The van der Waals surface area contributed by atoms with E-state index in [1.54, 1.807) is 0 Å². The zero-order valence-corrected chi connectivity index (χ0v) is 9.16. The van der Waals surface area contributed by atoms with Crippen molar-refractivity contribution in [3.63, 3.8) is 0 Å². The number of aromatic nitrogens is 2. The second kappa shape index (κ2) is 4.90. The van der Waals surface area contributed by atoms with E-state index >= 15 is 0 Å². The summed E-state index contributed by atoms with van der Waals surface area (Å²) in [4.78, 5) is 4.08. The van der Waals surface area contributed by atoms with Crippen molar-refractivity contribution in [2.24, 2.45) is 16.7 Å². The summed E-state index contributed by atoms with van der Waals surface area (Å²) in [6, 6.07) is 0.407. The molecule has 1 aromatic rings. The topological polar surface area (TPSA) is 82.2 Å². The van der Waals surface area contributed by atoms with Crippen molar-refractivity contribution in [2.75, 3.05) is 0 Å². The van der Waals surface area contributed by atoms with Crippen molar-refractivity contribution in [1.82, 2.24) is 9.55 Å². The molecule has 5 nitrogen and oxygen atoms in total. The molecule has 78 valence electrons. The Labute approximate surface area is 87.6 Å². The van der Waals surface area contributed by atoms with Gasteiger partial charge in [-0.25, -0.2) is 4.98 Å². The minimum absolute atomic E-state index is 0.390. The third-order valence-corrected chi connectivity index (χ3v) is 2.64. The zero-order chi connectivity index (χ0) is 10.6. The molecule has 0 spiro atoms. The van der Waals surface area contributed by atoms with Crippen LogP contribution >= 0.6 is 11.8 Å². The van der Waals surface area contributed by atoms with Crippen LogP contribution in [0, 0.1) is 0 Å². The first-order valence-electron chi connectivity index (χ1n) is 4.32. The van der Waals surface area contributed by atoms with Crippen LogP contribution in [0.5, 0.6) is 0 Å². The fraction of sp³-hybridized carbons (Fsp3) is 0.500. The van der Waals surface area contributed by atoms with Gasteiger partial charge in [0.25, 0.3) is 0 Å². The molecular weight excluding hydrogens is 198 g/mol. The van der Waals surface area contributed by atoms with Crippen LogP contribution in [0.15, 0.2) is 17.6 Å². The van der Waals surface area contributed by atoms with Gasteiger partial charge in [-0.3, -0.25) is 0 Å². The van der Waals surface area contributed by atoms with Crippen LogP contribution < -0.4 is 11.6 Å². The summed E-state index contributed by atoms with van der Waals surface area (Å²) in [6.45, 7) is 4.21. The van der Waals surface area contributed by atoms with Gasteiger partial charge in [0.2, 0.25) is 0 Å². The van der Waals surface area contributed by atoms with Gasteiger partial charge in [0.1, 0.15) is 0 Å². The number of nitrogens with zero attached hydrogens (tertiary/aromatic N) is 3. The third-order valence-electron chi connectivity index (χ3n) is 1.80. The van der Waals surface area contributed by atoms with Crippen LogP contribution in [0.4, 0.5) is 0 Å². The van der Waals surface area contributed by atoms with Crippen molar-refractivity contribution < 1.29 is 0 Å². The Morgan fingerprint density at radius 2 is 2.43 bits per heavy atom. The molecule has 1 aromatic heterocycles. The maximum atomic E-state index is 5.47. The summed E-state index contributed by atoms with van der Waals surface area (Å²) >= 11 is 1.41. The Balaban J connectivity index is 2.63. The van der Waals surface area contributed by atoms with Gasteiger partial charge in [0.15, 0.2) is 5.17 Å². The lowest BCUT2D eigenvalue weighted by Crippen LogP contribution is -2.11. The Kier molecular flexibility index (Phi) is 3.82. The van der Waals surface area contributed by atoms with Crippen LogP contribution in [0.3, 0.4) is 0 Å². The number of imidazole rings is 1. The van der Waals surface area contributed by atoms with Crippen LogP contribution in [0.25, 0.3) is 0 Å². The number of nitrogens with two attached hydrogens (primary N) is 2. The van der Waals surface area contributed by atoms with E-state index < -0.39 is 0 Å². The number of hydrogen-bond donors (Lipinski definition) is 2. The molecule has 1 rings (SSSR count). The van der Waals surface area contributed by atoms with Crippen LogP contribution in [0.2, 0.25) is 0 Å². The van der Waals surface area contributed by atoms with Gasteiger partial charge in [-0.1, -0.05) is 11.8 Å². The molecule has 0 radical (unpaired) electrons. The van der Waals surface area contributed by atoms with Crippen LogP contribution in [-0.2, 0) is 5.75 Å². The molecule has 0 fully saturated rings. The van der Waals surface area contributed by atoms with Gasteiger partial charge >= 0.3 is 0 Å². The van der Waals surface area contributed by atoms with Gasteiger partial charge < -0.3 is 16.1 Å². The first kappa shape index (κ1) is 10.9. The molecule has 0 saturated carbocycles. The SMILES string of the molecule is CC(C)n1cncc1CSC(N)=NN. The highest BCUT2D eigenvalue weighted by Gasteiger charge is 2.05. The highest BCUT2D eigenvalue weighted by molar-refractivity contribution is 8.13. The molecule has 0 aromatic carbocycles. The fourth-order valence-corrected chi connectivity index (χ4v) is 1.69. The molecule has 0 atom stereocenters. The Morgan fingerprint density at radius 3 is 3.00 bits per heavy atom. The lowest BCUT2D eigenvalue weighted by Gasteiger charge is -2.10. The predicted octanol–water partition coefficient (Wildman–Crippen LogP) is 0.886. The number of thioether (sulfide) groups is 1. The minimum atomic E-state index is 0.390. The Hall–Kier alpha value is -1.17. The van der Waals surface area contributed by atoms with E-state index in [1.807, 2.05) is 12.5 Å². The van der Waals surface area contributed by atoms with Crippen molar-refractivity contribution in [2.45, 2.75) is 25.6 Å². The van der Waals surface area contributed by atoms with Gasteiger partial charge in [-0.15, -0.1) is 0 Å². The smallest absolute Gasteiger partial charge is 0.177 e. The van der Waals surface area contributed by atoms with E-state index in [2.05, 4.69) is 28.5 Å². The maximum absolute atomic E-state index is 5.47. The van der Waals surface area contributed by atoms with Gasteiger partial charge in [-0.2, -0.15) is 5.10 Å². The number of rotatable bonds is 3. The first-order chi connectivity index (χ1) is 6.65. The molecular formula is C8H15N5S. The number of hydrazone groups is 1. The molecule has 0 aliphatic heterocycles. The molecule has 0 bridgehead atoms. The lowest BCUT2D eigenvalue weighted by atomic mass is 10.4. The fourth-order valence-electron chi connectivity index (χ4n) is 1.09. The van der Waals surface area contributed by atoms with E-state index in [1.165, 1.54) is 11.8 Å². The van der Waals surface area contributed by atoms with Gasteiger partial charge in [0.05, 0.1) is 6.33 Å². The summed E-state index contributed by atoms with van der Waals surface area (Å²) < 4.78 is 2.09. The molecule has 6 heteroatoms. The molecule has 0 aliphatic rings. The maximum Gasteiger partial charge on any atom is 0.177 e. The second-order valence-corrected chi connectivity index (χ2v) is 4.14. The van der Waals surface area contributed by atoms with Crippen molar-refractivity contribution in [1.29, 1.82) is 0 Å². The summed E-state index contributed by atoms with van der Waals surface area (Å²) in [5.41, 5.74) is 6.60. The van der Waals surface area contributed by atoms with E-state index in [0.29, 0.717) is 11.2 Å². The van der Waals surface area contributed by atoms with Crippen molar-refractivity contribution in [3.05, 3.63) is 18.2 Å². The summed E-state index contributed by atoms with van der Waals surface area (Å²) in [5.74, 6) is 5.77. The zero-order valence-electron chi connectivity index (χ0n) is 8.34. The van der Waals surface area contributed by atoms with E-state index in [9.17, 15) is 0 Å². The van der Waals surface area contributed by atoms with Crippen molar-refractivity contribution >= 4 is 16.9 Å². The molecule has 14 heavy (non-hydrogen) atoms. The average Bonchev–Trinajstić information content (AvgIpc) is 2.62. The standard InChI is InChI=1S/C8H15N5S/c1-6(2)13-5-11-3-7(13)4-14-8(9)12-10/h3,5-6H,4,10H2,1-2H3,(H2,9,12). The number of amidine groups is 1. The highest BCUT2D eigenvalue weighted by Crippen LogP contribution is 2.15. The normalized spacial score (nSPS) is 12.4. The van der Waals surface area contributed by atoms with Gasteiger partial charge in [-0.05, 0) is 13.8 Å². The van der Waals surface area contributed by atoms with Crippen LogP contribution in [0.1, 0.15) is 25.6 Å². The molecule has 1 heterocycles. The molecule has 4 N–H and O–H groups in total. The monoisotopic (exact) mass is 213 g/mol. The highest BCUT2D eigenvalue weighted by atomic mass is 32.2. The molecule has 0 aliphatic carbocycles. The number of hydrogen-bond acceptors (Lipinski definition) is 4. The summed E-state index contributed by atoms with van der Waals surface area (Å²) in [7, 11) is 0. The Bertz CT molecular complexity index is 317. The van der Waals surface area contributed by atoms with E-state index in [4.69, 9.17) is 11.6 Å². The molecule has 0 amide bonds. The Morgan fingerprint density at radius 1 is 1.71 bits per heavy atom. The summed E-state index contributed by atoms with van der Waals surface area (Å²) in [6.07, 6.45) is 3.65. The average molecular weight is 213 g/mol. The summed E-state index contributed by atoms with van der Waals surface area (Å²) in [5, 5.41) is 3.78.